The third kappa shape index (κ3) is 7.26. The molecule has 0 amide bonds. The van der Waals surface area contributed by atoms with Gasteiger partial charge in [0, 0.05) is 0 Å². The van der Waals surface area contributed by atoms with Crippen LogP contribution in [0.2, 0.25) is 0 Å². The molecule has 0 radical (unpaired) electrons. The molecular formula is C4H4Cl3PTi. The number of halogens is 3. The summed E-state index contributed by atoms with van der Waals surface area (Å²) in [5, 5.41) is 0. The molecule has 0 saturated carbocycles. The van der Waals surface area contributed by atoms with Gasteiger partial charge in [0.1, 0.15) is 0 Å². The van der Waals surface area contributed by atoms with Crippen molar-refractivity contribution in [1.29, 1.82) is 0 Å². The molecule has 50 valence electrons. The monoisotopic (exact) mass is 236 g/mol. The van der Waals surface area contributed by atoms with Gasteiger partial charge in [-0.3, -0.25) is 0 Å². The van der Waals surface area contributed by atoms with E-state index < -0.39 is 0 Å². The molecule has 0 aliphatic rings. The van der Waals surface area contributed by atoms with Crippen LogP contribution in [0.3, 0.4) is 0 Å². The van der Waals surface area contributed by atoms with E-state index in [9.17, 15) is 0 Å². The van der Waals surface area contributed by atoms with Crippen LogP contribution in [0.15, 0.2) is 17.9 Å². The van der Waals surface area contributed by atoms with Gasteiger partial charge in [-0.2, -0.15) is 0 Å². The van der Waals surface area contributed by atoms with Crippen molar-refractivity contribution in [2.75, 3.05) is 0 Å². The Morgan fingerprint density at radius 2 is 1.78 bits per heavy atom. The molecule has 1 atom stereocenters. The van der Waals surface area contributed by atoms with Crippen molar-refractivity contribution in [2.24, 2.45) is 0 Å². The number of hydrogen-bond acceptors (Lipinski definition) is 0. The molecule has 1 aromatic rings. The molecule has 0 aliphatic heterocycles. The average molecular weight is 237 g/mol. The molecule has 9 heavy (non-hydrogen) atoms. The Bertz CT molecular complexity index is 119. The van der Waals surface area contributed by atoms with Crippen LogP contribution in [-0.4, -0.2) is 0 Å². The minimum atomic E-state index is 0. The second-order valence-electron chi connectivity index (χ2n) is 1.08. The van der Waals surface area contributed by atoms with E-state index >= 15 is 0 Å². The van der Waals surface area contributed by atoms with Gasteiger partial charge < -0.3 is 37.2 Å². The Kier molecular flexibility index (Phi) is 17.4. The summed E-state index contributed by atoms with van der Waals surface area (Å²) in [5.41, 5.74) is 0. The first kappa shape index (κ1) is 16.8. The van der Waals surface area contributed by atoms with Gasteiger partial charge in [-0.15, -0.1) is 0 Å². The van der Waals surface area contributed by atoms with Crippen molar-refractivity contribution in [3.8, 4) is 0 Å². The molecule has 0 N–H and O–H groups in total. The molecular weight excluding hydrogens is 233 g/mol. The van der Waals surface area contributed by atoms with Gasteiger partial charge in [-0.1, -0.05) is 0 Å². The molecule has 5 heteroatoms. The van der Waals surface area contributed by atoms with Crippen LogP contribution in [0.5, 0.6) is 0 Å². The van der Waals surface area contributed by atoms with Crippen molar-refractivity contribution in [1.82, 2.24) is 0 Å². The molecule has 1 aromatic heterocycles. The van der Waals surface area contributed by atoms with Crippen LogP contribution in [0.4, 0.5) is 0 Å². The first-order valence-corrected chi connectivity index (χ1v) is 3.60. The number of hydrogen-bond donors (Lipinski definition) is 0. The first-order chi connectivity index (χ1) is 2.89. The van der Waals surface area contributed by atoms with Crippen LogP contribution in [0, 0.1) is 0 Å². The van der Waals surface area contributed by atoms with Crippen LogP contribution in [0.25, 0.3) is 0 Å². The van der Waals surface area contributed by atoms with Crippen LogP contribution >= 0.6 is 8.19 Å². The zero-order valence-corrected chi connectivity index (χ0v) is 9.20. The third-order valence-corrected chi connectivity index (χ3v) is 2.37. The van der Waals surface area contributed by atoms with Gasteiger partial charge in [0.2, 0.25) is 0 Å². The molecule has 0 aliphatic carbocycles. The van der Waals surface area contributed by atoms with Gasteiger partial charge in [0.25, 0.3) is 0 Å². The predicted octanol–water partition coefficient (Wildman–Crippen LogP) is -8.10. The summed E-state index contributed by atoms with van der Waals surface area (Å²) < 4.78 is 1.50. The fourth-order valence-corrected chi connectivity index (χ4v) is 1.44. The molecule has 1 rings (SSSR count). The summed E-state index contributed by atoms with van der Waals surface area (Å²) in [6, 6.07) is 4.26. The van der Waals surface area contributed by atoms with E-state index in [1.807, 2.05) is 0 Å². The van der Waals surface area contributed by atoms with Crippen molar-refractivity contribution in [3.63, 3.8) is 0 Å². The summed E-state index contributed by atoms with van der Waals surface area (Å²) in [7, 11) is 0.963. The number of rotatable bonds is 0. The fraction of sp³-hybridized carbons (Fsp3) is 0. The molecule has 0 saturated heterocycles. The van der Waals surface area contributed by atoms with E-state index in [0.717, 1.165) is 8.19 Å². The van der Waals surface area contributed by atoms with Gasteiger partial charge in [-0.25, -0.2) is 0 Å². The van der Waals surface area contributed by atoms with Crippen LogP contribution in [-0.2, 0) is 20.4 Å². The fourth-order valence-electron chi connectivity index (χ4n) is 0.330. The second kappa shape index (κ2) is 9.36. The zero-order valence-electron chi connectivity index (χ0n) is 4.37. The van der Waals surface area contributed by atoms with Crippen LogP contribution < -0.4 is 40.8 Å². The Hall–Kier alpha value is 1.36. The van der Waals surface area contributed by atoms with Gasteiger partial charge >= 0.3 is 50.2 Å². The molecule has 0 bridgehead atoms. The maximum absolute atomic E-state index is 2.19. The van der Waals surface area contributed by atoms with E-state index in [2.05, 4.69) is 38.4 Å². The summed E-state index contributed by atoms with van der Waals surface area (Å²) in [5.74, 6) is 2.19. The van der Waals surface area contributed by atoms with Gasteiger partial charge in [0.05, 0.1) is 0 Å². The molecule has 1 unspecified atom stereocenters. The summed E-state index contributed by atoms with van der Waals surface area (Å²) in [4.78, 5) is 0. The van der Waals surface area contributed by atoms with E-state index in [1.54, 1.807) is 0 Å². The second-order valence-corrected chi connectivity index (χ2v) is 3.87. The normalized spacial score (nSPS) is 6.89. The SMILES string of the molecule is [Cl-].[Cl-].[Cl-].[Ti+3][c]1ccc[pH]1. The van der Waals surface area contributed by atoms with Crippen molar-refractivity contribution in [3.05, 3.63) is 17.9 Å². The van der Waals surface area contributed by atoms with Crippen LogP contribution in [0.1, 0.15) is 0 Å². The zero-order chi connectivity index (χ0) is 4.41. The van der Waals surface area contributed by atoms with Gasteiger partial charge in [-0.05, 0) is 0 Å². The van der Waals surface area contributed by atoms with E-state index in [4.69, 9.17) is 0 Å². The Morgan fingerprint density at radius 1 is 1.22 bits per heavy atom. The predicted molar refractivity (Wildman–Crippen MR) is 25.6 cm³/mol. The van der Waals surface area contributed by atoms with E-state index in [-0.39, 0.29) is 37.2 Å². The van der Waals surface area contributed by atoms with E-state index in [0.29, 0.717) is 0 Å². The summed E-state index contributed by atoms with van der Waals surface area (Å²) in [6.07, 6.45) is 0. The maximum atomic E-state index is 2.19. The quantitative estimate of drug-likeness (QED) is 0.393. The summed E-state index contributed by atoms with van der Waals surface area (Å²) in [6.45, 7) is 0. The standard InChI is InChI=1S/C4H4P.3ClH.Ti/c1-2-4-5-3-1;;;;/h1-3,5H;3*1H;/q;;;;+3/p-3. The molecule has 0 nitrogen and oxygen atoms in total. The summed E-state index contributed by atoms with van der Waals surface area (Å²) >= 11 is 2.15. The Morgan fingerprint density at radius 3 is 1.89 bits per heavy atom. The van der Waals surface area contributed by atoms with Crippen molar-refractivity contribution in [2.45, 2.75) is 0 Å². The molecule has 0 aromatic carbocycles. The Labute approximate surface area is 86.9 Å². The average Bonchev–Trinajstić information content (AvgIpc) is 1.86. The molecule has 0 spiro atoms. The topological polar surface area (TPSA) is 0 Å². The van der Waals surface area contributed by atoms with E-state index in [1.165, 1.54) is 3.60 Å². The Balaban J connectivity index is -0.000000120. The molecule has 0 fully saturated rings. The van der Waals surface area contributed by atoms with Crippen molar-refractivity contribution < 1.29 is 57.7 Å². The molecule has 1 heterocycles. The third-order valence-electron chi connectivity index (χ3n) is 0.598. The van der Waals surface area contributed by atoms with Crippen molar-refractivity contribution >= 4 is 11.8 Å². The minimum absolute atomic E-state index is 0. The first-order valence-electron chi connectivity index (χ1n) is 1.74. The van der Waals surface area contributed by atoms with Gasteiger partial charge in [0.15, 0.2) is 0 Å².